The Balaban J connectivity index is 0.000000609. The van der Waals surface area contributed by atoms with Crippen molar-refractivity contribution < 1.29 is 19.8 Å². The second kappa shape index (κ2) is 15.4. The van der Waals surface area contributed by atoms with Gasteiger partial charge in [-0.25, -0.2) is 14.6 Å². The largest absolute Gasteiger partial charge is 0.478 e. The van der Waals surface area contributed by atoms with Crippen molar-refractivity contribution in [1.29, 1.82) is 0 Å². The summed E-state index contributed by atoms with van der Waals surface area (Å²) in [6.45, 7) is 4.34. The van der Waals surface area contributed by atoms with Crippen LogP contribution in [0, 0.1) is 6.92 Å². The number of hydrogen-bond donors (Lipinski definition) is 3. The van der Waals surface area contributed by atoms with Gasteiger partial charge in [0.2, 0.25) is 0 Å². The van der Waals surface area contributed by atoms with Crippen LogP contribution in [0.3, 0.4) is 0 Å². The Kier molecular flexibility index (Phi) is 14.1. The summed E-state index contributed by atoms with van der Waals surface area (Å²) < 4.78 is 0. The van der Waals surface area contributed by atoms with E-state index < -0.39 is 11.9 Å². The predicted octanol–water partition coefficient (Wildman–Crippen LogP) is 4.50. The number of aromatic nitrogens is 2. The van der Waals surface area contributed by atoms with Gasteiger partial charge in [-0.15, -0.1) is 0 Å². The average molecular weight is 352 g/mol. The Morgan fingerprint density at radius 3 is 1.84 bits per heavy atom. The van der Waals surface area contributed by atoms with Crippen molar-refractivity contribution in [3.05, 3.63) is 29.9 Å². The number of carboxylic acids is 2. The molecule has 0 aliphatic carbocycles. The number of nitrogens with zero attached hydrogens (tertiary/aromatic N) is 1. The molecule has 0 atom stereocenters. The van der Waals surface area contributed by atoms with E-state index in [1.807, 2.05) is 6.20 Å². The van der Waals surface area contributed by atoms with E-state index in [2.05, 4.69) is 23.8 Å². The first-order chi connectivity index (χ1) is 12.0. The van der Waals surface area contributed by atoms with Gasteiger partial charge in [-0.2, -0.15) is 0 Å². The lowest BCUT2D eigenvalue weighted by Crippen LogP contribution is -1.91. The number of aliphatic carboxylic acids is 2. The Morgan fingerprint density at radius 2 is 1.44 bits per heavy atom. The lowest BCUT2D eigenvalue weighted by atomic mass is 10.1. The number of carboxylic acid groups (broad SMARTS) is 2. The number of imidazole rings is 1. The van der Waals surface area contributed by atoms with Crippen LogP contribution >= 0.6 is 0 Å². The fourth-order valence-corrected chi connectivity index (χ4v) is 2.34. The van der Waals surface area contributed by atoms with Crippen molar-refractivity contribution in [2.45, 2.75) is 78.1 Å². The number of H-pyrrole nitrogens is 1. The number of carbonyl (C=O) groups is 2. The molecule has 0 aliphatic heterocycles. The summed E-state index contributed by atoms with van der Waals surface area (Å²) in [7, 11) is 0. The van der Waals surface area contributed by atoms with E-state index in [1.54, 1.807) is 0 Å². The molecule has 0 unspecified atom stereocenters. The quantitative estimate of drug-likeness (QED) is 0.379. The zero-order chi connectivity index (χ0) is 18.9. The van der Waals surface area contributed by atoms with E-state index in [1.165, 1.54) is 63.5 Å². The molecular weight excluding hydrogens is 320 g/mol. The molecule has 0 bridgehead atoms. The second-order valence-electron chi connectivity index (χ2n) is 6.10. The van der Waals surface area contributed by atoms with Crippen LogP contribution in [0.1, 0.15) is 76.2 Å². The van der Waals surface area contributed by atoms with Crippen molar-refractivity contribution in [1.82, 2.24) is 9.97 Å². The third kappa shape index (κ3) is 16.5. The highest BCUT2D eigenvalue weighted by Crippen LogP contribution is 2.10. The highest BCUT2D eigenvalue weighted by atomic mass is 16.4. The summed E-state index contributed by atoms with van der Waals surface area (Å²) in [4.78, 5) is 26.7. The number of nitrogens with one attached hydrogen (secondary N) is 1. The zero-order valence-electron chi connectivity index (χ0n) is 15.5. The Labute approximate surface area is 150 Å². The van der Waals surface area contributed by atoms with E-state index in [0.29, 0.717) is 12.2 Å². The van der Waals surface area contributed by atoms with Gasteiger partial charge >= 0.3 is 11.9 Å². The van der Waals surface area contributed by atoms with Crippen molar-refractivity contribution >= 4 is 11.9 Å². The topological polar surface area (TPSA) is 103 Å². The molecule has 1 rings (SSSR count). The lowest BCUT2D eigenvalue weighted by molar-refractivity contribution is -0.134. The second-order valence-corrected chi connectivity index (χ2v) is 6.10. The summed E-state index contributed by atoms with van der Waals surface area (Å²) in [6.07, 6.45) is 16.7. The van der Waals surface area contributed by atoms with Crippen LogP contribution in [0.15, 0.2) is 18.3 Å². The first-order valence-electron chi connectivity index (χ1n) is 9.10. The molecule has 142 valence electrons. The fourth-order valence-electron chi connectivity index (χ4n) is 2.34. The fraction of sp³-hybridized carbons (Fsp3) is 0.632. The highest BCUT2D eigenvalue weighted by Gasteiger charge is 1.97. The summed E-state index contributed by atoms with van der Waals surface area (Å²) in [5, 5.41) is 15.6. The first kappa shape index (κ1) is 22.9. The molecule has 3 N–H and O–H groups in total. The normalized spacial score (nSPS) is 10.5. The smallest absolute Gasteiger partial charge is 0.328 e. The van der Waals surface area contributed by atoms with Gasteiger partial charge in [0.1, 0.15) is 5.82 Å². The first-order valence-corrected chi connectivity index (χ1v) is 9.10. The van der Waals surface area contributed by atoms with Gasteiger partial charge in [-0.05, 0) is 13.3 Å². The number of hydrogen-bond acceptors (Lipinski definition) is 3. The molecule has 1 heterocycles. The van der Waals surface area contributed by atoms with Crippen LogP contribution in [0.25, 0.3) is 0 Å². The van der Waals surface area contributed by atoms with E-state index >= 15 is 0 Å². The molecular formula is C19H32N2O4. The number of aryl methyl sites for hydroxylation is 2. The van der Waals surface area contributed by atoms with Crippen LogP contribution in [0.2, 0.25) is 0 Å². The number of aromatic amines is 1. The van der Waals surface area contributed by atoms with E-state index in [9.17, 15) is 9.59 Å². The lowest BCUT2D eigenvalue weighted by Gasteiger charge is -2.01. The van der Waals surface area contributed by atoms with Gasteiger partial charge in [0.05, 0.1) is 0 Å². The van der Waals surface area contributed by atoms with Gasteiger partial charge < -0.3 is 15.2 Å². The molecule has 0 aromatic carbocycles. The molecule has 0 saturated heterocycles. The third-order valence-electron chi connectivity index (χ3n) is 3.64. The maximum Gasteiger partial charge on any atom is 0.328 e. The maximum absolute atomic E-state index is 9.55. The van der Waals surface area contributed by atoms with Crippen molar-refractivity contribution in [2.75, 3.05) is 0 Å². The Morgan fingerprint density at radius 1 is 0.960 bits per heavy atom. The van der Waals surface area contributed by atoms with E-state index in [-0.39, 0.29) is 0 Å². The van der Waals surface area contributed by atoms with Crippen molar-refractivity contribution in [3.8, 4) is 0 Å². The molecule has 6 heteroatoms. The molecule has 0 saturated carbocycles. The molecule has 0 spiro atoms. The SMILES string of the molecule is CCCCCCCCCCCc1ncc(C)[nH]1.O=C(O)C=CC(=O)O. The monoisotopic (exact) mass is 352 g/mol. The Hall–Kier alpha value is -2.11. The number of rotatable bonds is 12. The molecule has 1 aromatic heterocycles. The average Bonchev–Trinajstić information content (AvgIpc) is 2.97. The molecule has 0 aliphatic rings. The zero-order valence-corrected chi connectivity index (χ0v) is 15.5. The van der Waals surface area contributed by atoms with Crippen LogP contribution < -0.4 is 0 Å². The summed E-state index contributed by atoms with van der Waals surface area (Å²) in [6, 6.07) is 0. The van der Waals surface area contributed by atoms with Gasteiger partial charge in [-0.1, -0.05) is 58.3 Å². The van der Waals surface area contributed by atoms with Gasteiger partial charge in [0.15, 0.2) is 0 Å². The summed E-state index contributed by atoms with van der Waals surface area (Å²) >= 11 is 0. The van der Waals surface area contributed by atoms with Crippen molar-refractivity contribution in [3.63, 3.8) is 0 Å². The molecule has 6 nitrogen and oxygen atoms in total. The van der Waals surface area contributed by atoms with Gasteiger partial charge in [-0.3, -0.25) is 0 Å². The molecule has 0 fully saturated rings. The van der Waals surface area contributed by atoms with Gasteiger partial charge in [0, 0.05) is 30.5 Å². The molecule has 25 heavy (non-hydrogen) atoms. The maximum atomic E-state index is 9.55. The van der Waals surface area contributed by atoms with Crippen LogP contribution in [-0.2, 0) is 16.0 Å². The minimum absolute atomic E-state index is 0.558. The predicted molar refractivity (Wildman–Crippen MR) is 98.7 cm³/mol. The van der Waals surface area contributed by atoms with Crippen molar-refractivity contribution in [2.24, 2.45) is 0 Å². The third-order valence-corrected chi connectivity index (χ3v) is 3.64. The van der Waals surface area contributed by atoms with Crippen LogP contribution in [0.4, 0.5) is 0 Å². The van der Waals surface area contributed by atoms with E-state index in [4.69, 9.17) is 10.2 Å². The minimum Gasteiger partial charge on any atom is -0.478 e. The molecule has 0 amide bonds. The van der Waals surface area contributed by atoms with Crippen LogP contribution in [-0.4, -0.2) is 32.1 Å². The molecule has 1 aromatic rings. The van der Waals surface area contributed by atoms with E-state index in [0.717, 1.165) is 12.2 Å². The number of unbranched alkanes of at least 4 members (excludes halogenated alkanes) is 8. The van der Waals surface area contributed by atoms with Crippen LogP contribution in [0.5, 0.6) is 0 Å². The summed E-state index contributed by atoms with van der Waals surface area (Å²) in [5.41, 5.74) is 1.18. The minimum atomic E-state index is -1.26. The van der Waals surface area contributed by atoms with Gasteiger partial charge in [0.25, 0.3) is 0 Å². The summed E-state index contributed by atoms with van der Waals surface area (Å²) in [5.74, 6) is -1.36. The highest BCUT2D eigenvalue weighted by molar-refractivity contribution is 5.89. The molecule has 0 radical (unpaired) electrons. The Bertz CT molecular complexity index is 493. The standard InChI is InChI=1S/C15H28N2.C4H4O4/c1-3-4-5-6-7-8-9-10-11-12-15-16-13-14(2)17-15;5-3(6)1-2-4(7)8/h13H,3-12H2,1-2H3,(H,16,17);1-2H,(H,5,6)(H,7,8).